The van der Waals surface area contributed by atoms with Gasteiger partial charge in [0.2, 0.25) is 0 Å². The Morgan fingerprint density at radius 1 is 1.17 bits per heavy atom. The summed E-state index contributed by atoms with van der Waals surface area (Å²) in [6, 6.07) is 11.0. The predicted octanol–water partition coefficient (Wildman–Crippen LogP) is 3.64. The quantitative estimate of drug-likeness (QED) is 0.330. The number of rotatable bonds is 6. The Morgan fingerprint density at radius 3 is 2.80 bits per heavy atom. The first-order chi connectivity index (χ1) is 14.5. The van der Waals surface area contributed by atoms with Crippen LogP contribution in [0.1, 0.15) is 11.4 Å². The highest BCUT2D eigenvalue weighted by Gasteiger charge is 2.14. The Labute approximate surface area is 184 Å². The van der Waals surface area contributed by atoms with Crippen LogP contribution in [0.15, 0.2) is 55.6 Å². The van der Waals surface area contributed by atoms with E-state index >= 15 is 0 Å². The highest BCUT2D eigenvalue weighted by atomic mass is 79.9. The molecule has 2 aromatic heterocycles. The molecule has 4 aromatic rings. The van der Waals surface area contributed by atoms with Crippen molar-refractivity contribution in [2.24, 2.45) is 0 Å². The highest BCUT2D eigenvalue weighted by molar-refractivity contribution is 9.10. The third-order valence-corrected chi connectivity index (χ3v) is 6.21. The van der Waals surface area contributed by atoms with E-state index in [0.717, 1.165) is 10.0 Å². The predicted molar refractivity (Wildman–Crippen MR) is 122 cm³/mol. The van der Waals surface area contributed by atoms with Crippen molar-refractivity contribution in [1.29, 1.82) is 0 Å². The zero-order valence-corrected chi connectivity index (χ0v) is 18.8. The normalized spacial score (nSPS) is 11.4. The molecule has 0 fully saturated rings. The van der Waals surface area contributed by atoms with E-state index in [9.17, 15) is 9.59 Å². The van der Waals surface area contributed by atoms with Crippen LogP contribution in [-0.4, -0.2) is 33.2 Å². The zero-order valence-electron chi connectivity index (χ0n) is 16.4. The lowest BCUT2D eigenvalue weighted by atomic mass is 10.1. The minimum Gasteiger partial charge on any atom is -0.383 e. The van der Waals surface area contributed by atoms with Crippen molar-refractivity contribution in [3.8, 4) is 0 Å². The molecule has 9 heteroatoms. The number of aromatic amines is 1. The summed E-state index contributed by atoms with van der Waals surface area (Å²) in [5.41, 5.74) is 1.94. The second kappa shape index (κ2) is 8.71. The molecule has 2 heterocycles. The van der Waals surface area contributed by atoms with Crippen molar-refractivity contribution in [3.05, 3.63) is 73.0 Å². The average Bonchev–Trinajstić information content (AvgIpc) is 2.73. The van der Waals surface area contributed by atoms with E-state index in [0.29, 0.717) is 51.7 Å². The molecular formula is C21H19BrN4O3S. The fourth-order valence-corrected chi connectivity index (χ4v) is 4.47. The Hall–Kier alpha value is -2.49. The summed E-state index contributed by atoms with van der Waals surface area (Å²) in [6.07, 6.45) is 0. The van der Waals surface area contributed by atoms with Gasteiger partial charge < -0.3 is 9.72 Å². The Balaban J connectivity index is 1.74. The summed E-state index contributed by atoms with van der Waals surface area (Å²) in [6.45, 7) is 2.70. The number of ether oxygens (including phenoxy) is 1. The van der Waals surface area contributed by atoms with Gasteiger partial charge in [-0.1, -0.05) is 39.8 Å². The Bertz CT molecular complexity index is 1370. The number of nitrogens with zero attached hydrogens (tertiary/aromatic N) is 3. The molecule has 0 aliphatic heterocycles. The summed E-state index contributed by atoms with van der Waals surface area (Å²) in [7, 11) is 1.59. The van der Waals surface area contributed by atoms with Gasteiger partial charge >= 0.3 is 0 Å². The van der Waals surface area contributed by atoms with Crippen molar-refractivity contribution in [3.63, 3.8) is 0 Å². The van der Waals surface area contributed by atoms with Gasteiger partial charge in [-0.25, -0.2) is 9.97 Å². The maximum absolute atomic E-state index is 13.1. The molecule has 0 radical (unpaired) electrons. The number of thioether (sulfide) groups is 1. The van der Waals surface area contributed by atoms with Crippen LogP contribution in [0, 0.1) is 6.92 Å². The molecule has 0 aliphatic carbocycles. The number of hydrogen-bond acceptors (Lipinski definition) is 6. The maximum atomic E-state index is 13.1. The van der Waals surface area contributed by atoms with Gasteiger partial charge in [0.25, 0.3) is 11.1 Å². The fraction of sp³-hybridized carbons (Fsp3) is 0.238. The molecule has 0 bridgehead atoms. The van der Waals surface area contributed by atoms with Gasteiger partial charge in [0.05, 0.1) is 40.7 Å². The number of hydrogen-bond donors (Lipinski definition) is 1. The van der Waals surface area contributed by atoms with Crippen molar-refractivity contribution >= 4 is 49.5 Å². The summed E-state index contributed by atoms with van der Waals surface area (Å²) < 4.78 is 7.59. The molecule has 154 valence electrons. The summed E-state index contributed by atoms with van der Waals surface area (Å²) >= 11 is 4.77. The van der Waals surface area contributed by atoms with Gasteiger partial charge in [-0.2, -0.15) is 0 Å². The SMILES string of the molecule is COCCn1c(SCc2nc3c(C)cccc3c(=O)[nH]2)nc2ccc(Br)cc2c1=O. The number of halogens is 1. The lowest BCUT2D eigenvalue weighted by Gasteiger charge is -2.13. The molecule has 0 aliphatic rings. The molecule has 1 N–H and O–H groups in total. The second-order valence-corrected chi connectivity index (χ2v) is 8.64. The number of methoxy groups -OCH3 is 1. The minimum absolute atomic E-state index is 0.128. The number of fused-ring (bicyclic) bond motifs is 2. The van der Waals surface area contributed by atoms with E-state index < -0.39 is 0 Å². The number of H-pyrrole nitrogens is 1. The van der Waals surface area contributed by atoms with Crippen LogP contribution in [0.25, 0.3) is 21.8 Å². The van der Waals surface area contributed by atoms with E-state index in [1.54, 1.807) is 23.8 Å². The Kier molecular flexibility index (Phi) is 6.03. The number of para-hydroxylation sites is 1. The molecule has 0 spiro atoms. The smallest absolute Gasteiger partial charge is 0.262 e. The number of aromatic nitrogens is 4. The molecule has 0 atom stereocenters. The van der Waals surface area contributed by atoms with Gasteiger partial charge in [0.15, 0.2) is 5.16 Å². The molecular weight excluding hydrogens is 468 g/mol. The monoisotopic (exact) mass is 486 g/mol. The molecule has 7 nitrogen and oxygen atoms in total. The standard InChI is InChI=1S/C21H19BrN4O3S/c1-12-4-3-5-14-18(12)24-17(25-19(14)27)11-30-21-23-16-7-6-13(22)10-15(16)20(28)26(21)8-9-29-2/h3-7,10H,8-9,11H2,1-2H3,(H,24,25,27). The van der Waals surface area contributed by atoms with E-state index in [1.165, 1.54) is 11.8 Å². The third kappa shape index (κ3) is 4.05. The number of benzene rings is 2. The van der Waals surface area contributed by atoms with Crippen LogP contribution in [0.2, 0.25) is 0 Å². The molecule has 0 unspecified atom stereocenters. The molecule has 4 rings (SSSR count). The zero-order chi connectivity index (χ0) is 21.3. The molecule has 0 amide bonds. The lowest BCUT2D eigenvalue weighted by molar-refractivity contribution is 0.183. The van der Waals surface area contributed by atoms with Crippen LogP contribution >= 0.6 is 27.7 Å². The highest BCUT2D eigenvalue weighted by Crippen LogP contribution is 2.23. The topological polar surface area (TPSA) is 89.9 Å². The van der Waals surface area contributed by atoms with Crippen molar-refractivity contribution in [2.45, 2.75) is 24.4 Å². The Morgan fingerprint density at radius 2 is 2.00 bits per heavy atom. The van der Waals surface area contributed by atoms with Gasteiger partial charge in [0.1, 0.15) is 5.82 Å². The van der Waals surface area contributed by atoms with Crippen LogP contribution in [-0.2, 0) is 17.0 Å². The minimum atomic E-state index is -0.174. The summed E-state index contributed by atoms with van der Waals surface area (Å²) in [4.78, 5) is 37.6. The van der Waals surface area contributed by atoms with Crippen LogP contribution in [0.4, 0.5) is 0 Å². The first-order valence-electron chi connectivity index (χ1n) is 9.28. The van der Waals surface area contributed by atoms with Gasteiger partial charge in [-0.15, -0.1) is 0 Å². The van der Waals surface area contributed by atoms with E-state index in [-0.39, 0.29) is 11.1 Å². The van der Waals surface area contributed by atoms with E-state index in [4.69, 9.17) is 4.74 Å². The van der Waals surface area contributed by atoms with Crippen LogP contribution in [0.5, 0.6) is 0 Å². The third-order valence-electron chi connectivity index (χ3n) is 4.73. The molecule has 2 aromatic carbocycles. The fourth-order valence-electron chi connectivity index (χ4n) is 3.22. The largest absolute Gasteiger partial charge is 0.383 e. The van der Waals surface area contributed by atoms with Gasteiger partial charge in [-0.3, -0.25) is 14.2 Å². The summed E-state index contributed by atoms with van der Waals surface area (Å²) in [5, 5.41) is 1.66. The first kappa shape index (κ1) is 20.8. The number of aryl methyl sites for hydroxylation is 1. The molecule has 0 saturated heterocycles. The molecule has 0 saturated carbocycles. The van der Waals surface area contributed by atoms with Crippen molar-refractivity contribution in [2.75, 3.05) is 13.7 Å². The van der Waals surface area contributed by atoms with E-state index in [2.05, 4.69) is 30.9 Å². The van der Waals surface area contributed by atoms with Crippen molar-refractivity contribution < 1.29 is 4.74 Å². The van der Waals surface area contributed by atoms with Gasteiger partial charge in [0, 0.05) is 11.6 Å². The van der Waals surface area contributed by atoms with E-state index in [1.807, 2.05) is 31.2 Å². The number of nitrogens with one attached hydrogen (secondary N) is 1. The maximum Gasteiger partial charge on any atom is 0.262 e. The van der Waals surface area contributed by atoms with Gasteiger partial charge in [-0.05, 0) is 36.8 Å². The lowest BCUT2D eigenvalue weighted by Crippen LogP contribution is -2.25. The summed E-state index contributed by atoms with van der Waals surface area (Å²) in [5.74, 6) is 0.913. The first-order valence-corrected chi connectivity index (χ1v) is 11.1. The average molecular weight is 487 g/mol. The van der Waals surface area contributed by atoms with Crippen LogP contribution in [0.3, 0.4) is 0 Å². The van der Waals surface area contributed by atoms with Crippen LogP contribution < -0.4 is 11.1 Å². The molecule has 30 heavy (non-hydrogen) atoms. The second-order valence-electron chi connectivity index (χ2n) is 6.78. The van der Waals surface area contributed by atoms with Crippen molar-refractivity contribution in [1.82, 2.24) is 19.5 Å².